The third-order valence-electron chi connectivity index (χ3n) is 7.78. The van der Waals surface area contributed by atoms with Crippen LogP contribution in [0.3, 0.4) is 0 Å². The average molecular weight is 723 g/mol. The molecule has 2 saturated heterocycles. The molecule has 20 nitrogen and oxygen atoms in total. The molecule has 0 radical (unpaired) electrons. The van der Waals surface area contributed by atoms with E-state index < -0.39 is 46.9 Å². The Kier molecular flexibility index (Phi) is 10.6. The third kappa shape index (κ3) is 7.69. The number of hydrogen-bond acceptors (Lipinski definition) is 18. The molecule has 2 aromatic heterocycles. The number of rotatable bonds is 10. The number of nitrogens with zero attached hydrogens (tertiary/aromatic N) is 5. The summed E-state index contributed by atoms with van der Waals surface area (Å²) in [5, 5.41) is 26.4. The molecule has 2 fully saturated rings. The Bertz CT molecular complexity index is 1810. The minimum atomic E-state index is -1.46. The van der Waals surface area contributed by atoms with Crippen molar-refractivity contribution in [3.8, 4) is 0 Å². The van der Waals surface area contributed by atoms with Crippen molar-refractivity contribution in [1.29, 1.82) is 0 Å². The standard InChI is InChI=1S/C27H30N8O12S2/c1-11-15(47-27(42)46-11)9-45-26(41)34-5-4-14(8-34)35-6-3-12(22(35)37)7-13-10-48-21(30-16(13)23(38)39)18(24(40)44-2)29-20(36)17(32-43)19-31-25(28)49-33-19/h7,14,18,21,30,43H,3-6,8-10H2,1-2H3,(H,29,36)(H,38,39)(H2,28,31,33)/b12-7-,32-17-/t14-,18+,21-/m1/s1. The Hall–Kier alpha value is -5.38. The number of carboxylic acid groups (broad SMARTS) is 1. The lowest BCUT2D eigenvalue weighted by molar-refractivity contribution is -0.144. The van der Waals surface area contributed by atoms with Crippen molar-refractivity contribution in [2.24, 2.45) is 5.16 Å². The maximum atomic E-state index is 13.4. The molecule has 49 heavy (non-hydrogen) atoms. The van der Waals surface area contributed by atoms with Crippen LogP contribution >= 0.6 is 23.3 Å². The average Bonchev–Trinajstić information content (AvgIpc) is 3.87. The number of esters is 1. The molecule has 5 rings (SSSR count). The second kappa shape index (κ2) is 14.8. The summed E-state index contributed by atoms with van der Waals surface area (Å²) < 4.78 is 23.5. The number of amides is 3. The summed E-state index contributed by atoms with van der Waals surface area (Å²) in [4.78, 5) is 82.0. The summed E-state index contributed by atoms with van der Waals surface area (Å²) in [5.41, 5.74) is 5.24. The number of anilines is 1. The van der Waals surface area contributed by atoms with Gasteiger partial charge in [0, 0.05) is 42.5 Å². The number of nitrogens with one attached hydrogen (secondary N) is 2. The van der Waals surface area contributed by atoms with Crippen molar-refractivity contribution in [2.45, 2.75) is 43.8 Å². The predicted molar refractivity (Wildman–Crippen MR) is 167 cm³/mol. The highest BCUT2D eigenvalue weighted by molar-refractivity contribution is 8.00. The lowest BCUT2D eigenvalue weighted by Crippen LogP contribution is -2.56. The molecular weight excluding hydrogens is 692 g/mol. The molecule has 262 valence electrons. The minimum absolute atomic E-state index is 0.000310. The molecule has 0 aliphatic carbocycles. The van der Waals surface area contributed by atoms with E-state index in [1.54, 1.807) is 4.90 Å². The normalized spacial score (nSPS) is 21.1. The van der Waals surface area contributed by atoms with Gasteiger partial charge in [-0.15, -0.1) is 11.8 Å². The summed E-state index contributed by atoms with van der Waals surface area (Å²) in [7, 11) is 1.08. The molecular formula is C27H30N8O12S2. The number of ether oxygens (including phenoxy) is 2. The summed E-state index contributed by atoms with van der Waals surface area (Å²) in [6, 6.07) is -1.76. The Morgan fingerprint density at radius 1 is 1.27 bits per heavy atom. The molecule has 6 N–H and O–H groups in total. The van der Waals surface area contributed by atoms with E-state index in [0.717, 1.165) is 30.4 Å². The Balaban J connectivity index is 1.24. The quantitative estimate of drug-likeness (QED) is 0.0671. The first kappa shape index (κ1) is 34.9. The SMILES string of the molecule is COC(=O)[C@@H](NC(=O)/C(=N\O)c1nsc(N)n1)[C@@H]1NC(C(=O)O)=C(/C=C2/CCN([C@@H]3CCN(C(=O)OCc4oc(=O)oc4C)C3)C2=O)CS1. The van der Waals surface area contributed by atoms with Gasteiger partial charge in [-0.05, 0) is 31.4 Å². The highest BCUT2D eigenvalue weighted by Crippen LogP contribution is 2.31. The smallest absolute Gasteiger partial charge is 0.477 e. The number of methoxy groups -OCH3 is 1. The minimum Gasteiger partial charge on any atom is -0.477 e. The van der Waals surface area contributed by atoms with Crippen molar-refractivity contribution in [3.63, 3.8) is 0 Å². The van der Waals surface area contributed by atoms with Crippen LogP contribution in [0.15, 0.2) is 41.7 Å². The molecule has 5 heterocycles. The highest BCUT2D eigenvalue weighted by atomic mass is 32.2. The largest absolute Gasteiger partial charge is 0.519 e. The van der Waals surface area contributed by atoms with E-state index in [-0.39, 0.29) is 64.6 Å². The van der Waals surface area contributed by atoms with Gasteiger partial charge in [0.25, 0.3) is 5.91 Å². The van der Waals surface area contributed by atoms with Crippen LogP contribution in [0.2, 0.25) is 0 Å². The fraction of sp³-hybridized carbons (Fsp3) is 0.444. The highest BCUT2D eigenvalue weighted by Gasteiger charge is 2.40. The number of oxime groups is 1. The number of thioether (sulfide) groups is 1. The molecule has 3 aliphatic heterocycles. The number of nitrogen functional groups attached to an aromatic ring is 1. The van der Waals surface area contributed by atoms with Crippen LogP contribution in [0.1, 0.15) is 30.2 Å². The number of carbonyl (C=O) groups excluding carboxylic acids is 4. The molecule has 0 aromatic carbocycles. The van der Waals surface area contributed by atoms with Gasteiger partial charge in [-0.25, -0.2) is 19.2 Å². The van der Waals surface area contributed by atoms with Gasteiger partial charge < -0.3 is 54.8 Å². The summed E-state index contributed by atoms with van der Waals surface area (Å²) in [6.07, 6.45) is 1.66. The first-order valence-corrected chi connectivity index (χ1v) is 16.3. The molecule has 3 amide bonds. The lowest BCUT2D eigenvalue weighted by atomic mass is 10.1. The number of allylic oxidation sites excluding steroid dienone is 1. The zero-order valence-electron chi connectivity index (χ0n) is 25.9. The van der Waals surface area contributed by atoms with Gasteiger partial charge in [0.2, 0.25) is 17.4 Å². The molecule has 0 bridgehead atoms. The molecule has 3 atom stereocenters. The van der Waals surface area contributed by atoms with E-state index in [4.69, 9.17) is 24.0 Å². The number of carbonyl (C=O) groups is 5. The summed E-state index contributed by atoms with van der Waals surface area (Å²) in [6.45, 7) is 2.11. The maximum absolute atomic E-state index is 13.4. The molecule has 3 aliphatic rings. The van der Waals surface area contributed by atoms with Crippen LogP contribution in [0.25, 0.3) is 0 Å². The summed E-state index contributed by atoms with van der Waals surface area (Å²) in [5.74, 6) is -4.51. The third-order valence-corrected chi connectivity index (χ3v) is 9.55. The van der Waals surface area contributed by atoms with Crippen LogP contribution < -0.4 is 22.2 Å². The van der Waals surface area contributed by atoms with Crippen LogP contribution in [0.4, 0.5) is 9.93 Å². The van der Waals surface area contributed by atoms with Crippen molar-refractivity contribution in [3.05, 3.63) is 50.9 Å². The monoisotopic (exact) mass is 722 g/mol. The topological polar surface area (TPSA) is 282 Å². The fourth-order valence-corrected chi connectivity index (χ4v) is 6.95. The van der Waals surface area contributed by atoms with Gasteiger partial charge in [-0.2, -0.15) is 9.36 Å². The van der Waals surface area contributed by atoms with Crippen molar-refractivity contribution in [1.82, 2.24) is 29.8 Å². The predicted octanol–water partition coefficient (Wildman–Crippen LogP) is -0.618. The van der Waals surface area contributed by atoms with Crippen LogP contribution in [0, 0.1) is 6.92 Å². The number of aromatic nitrogens is 2. The first-order chi connectivity index (χ1) is 23.4. The summed E-state index contributed by atoms with van der Waals surface area (Å²) >= 11 is 1.82. The van der Waals surface area contributed by atoms with Gasteiger partial charge in [0.05, 0.1) is 13.2 Å². The van der Waals surface area contributed by atoms with E-state index in [0.29, 0.717) is 31.5 Å². The number of carboxylic acids is 1. The zero-order chi connectivity index (χ0) is 35.4. The van der Waals surface area contributed by atoms with Crippen molar-refractivity contribution in [2.75, 3.05) is 38.2 Å². The zero-order valence-corrected chi connectivity index (χ0v) is 27.5. The first-order valence-electron chi connectivity index (χ1n) is 14.5. The number of nitrogens with two attached hydrogens (primary N) is 1. The molecule has 22 heteroatoms. The van der Waals surface area contributed by atoms with E-state index in [9.17, 15) is 39.1 Å². The molecule has 0 saturated carbocycles. The van der Waals surface area contributed by atoms with Crippen LogP contribution in [-0.2, 0) is 35.3 Å². The lowest BCUT2D eigenvalue weighted by Gasteiger charge is -2.31. The van der Waals surface area contributed by atoms with Gasteiger partial charge in [0.15, 0.2) is 29.3 Å². The van der Waals surface area contributed by atoms with Crippen LogP contribution in [-0.4, -0.2) is 115 Å². The Labute approximate surface area is 284 Å². The Morgan fingerprint density at radius 3 is 2.67 bits per heavy atom. The number of hydrogen-bond donors (Lipinski definition) is 5. The second-order valence-electron chi connectivity index (χ2n) is 10.8. The molecule has 2 aromatic rings. The van der Waals surface area contributed by atoms with E-state index >= 15 is 0 Å². The van der Waals surface area contributed by atoms with Crippen LogP contribution in [0.5, 0.6) is 0 Å². The Morgan fingerprint density at radius 2 is 2.04 bits per heavy atom. The van der Waals surface area contributed by atoms with Gasteiger partial charge in [0.1, 0.15) is 11.1 Å². The van der Waals surface area contributed by atoms with Crippen molar-refractivity contribution < 1.29 is 52.6 Å². The van der Waals surface area contributed by atoms with E-state index in [2.05, 4.69) is 25.1 Å². The number of aliphatic carboxylic acids is 1. The molecule has 0 unspecified atom stereocenters. The number of aryl methyl sites for hydroxylation is 1. The van der Waals surface area contributed by atoms with Gasteiger partial charge >= 0.3 is 23.9 Å². The van der Waals surface area contributed by atoms with E-state index in [1.165, 1.54) is 17.9 Å². The fourth-order valence-electron chi connectivity index (χ4n) is 5.35. The number of likely N-dealkylation sites (tertiary alicyclic amines) is 2. The maximum Gasteiger partial charge on any atom is 0.519 e. The van der Waals surface area contributed by atoms with Crippen molar-refractivity contribution >= 4 is 64.0 Å². The molecule has 0 spiro atoms. The van der Waals surface area contributed by atoms with Gasteiger partial charge in [-0.3, -0.25) is 9.59 Å². The second-order valence-corrected chi connectivity index (χ2v) is 12.7. The van der Waals surface area contributed by atoms with E-state index in [1.807, 2.05) is 0 Å². The van der Waals surface area contributed by atoms with Gasteiger partial charge in [-0.1, -0.05) is 5.16 Å².